The molecular formula is C20H19FN4O. The molecule has 1 saturated heterocycles. The molecule has 0 spiro atoms. The summed E-state index contributed by atoms with van der Waals surface area (Å²) in [6.45, 7) is 2.71. The molecule has 1 aliphatic carbocycles. The fourth-order valence-electron chi connectivity index (χ4n) is 3.80. The molecule has 2 atom stereocenters. The molecule has 0 bridgehead atoms. The molecular weight excluding hydrogens is 331 g/mol. The van der Waals surface area contributed by atoms with Gasteiger partial charge in [-0.05, 0) is 50.5 Å². The third-order valence-corrected chi connectivity index (χ3v) is 5.02. The Hall–Kier alpha value is -2.94. The monoisotopic (exact) mass is 350 g/mol. The predicted octanol–water partition coefficient (Wildman–Crippen LogP) is 3.20. The van der Waals surface area contributed by atoms with E-state index in [2.05, 4.69) is 21.8 Å². The lowest BCUT2D eigenvalue weighted by molar-refractivity contribution is 0.207. The number of likely N-dealkylation sites (N-methyl/N-ethyl adjacent to an activating group) is 1. The lowest BCUT2D eigenvalue weighted by Gasteiger charge is -2.19. The standard InChI is InChI=1S/C20H19FN4O/c1-2-24-17-4-3-5-18(17)25(20(24)26)19-22-12-15(13-23-19)7-6-14-8-10-16(21)11-9-14/h8-13,17-18H,2-5H2,1H3/t17-,18+/m0/s1. The summed E-state index contributed by atoms with van der Waals surface area (Å²) in [6.07, 6.45) is 6.41. The molecule has 2 aliphatic rings. The SMILES string of the molecule is CCN1C(=O)N(c2ncc(C#Cc3ccc(F)cc3)cn2)[C@@H]2CCC[C@@H]21. The van der Waals surface area contributed by atoms with E-state index in [1.807, 2.05) is 11.8 Å². The summed E-state index contributed by atoms with van der Waals surface area (Å²) in [5.74, 6) is 6.07. The molecule has 0 radical (unpaired) electrons. The lowest BCUT2D eigenvalue weighted by Crippen LogP contribution is -2.36. The zero-order chi connectivity index (χ0) is 18.1. The van der Waals surface area contributed by atoms with Crippen molar-refractivity contribution in [1.29, 1.82) is 0 Å². The van der Waals surface area contributed by atoms with Gasteiger partial charge in [-0.25, -0.2) is 19.2 Å². The minimum Gasteiger partial charge on any atom is -0.319 e. The van der Waals surface area contributed by atoms with Crippen LogP contribution >= 0.6 is 0 Å². The van der Waals surface area contributed by atoms with Crippen LogP contribution in [0.3, 0.4) is 0 Å². The number of anilines is 1. The topological polar surface area (TPSA) is 49.3 Å². The van der Waals surface area contributed by atoms with Gasteiger partial charge in [-0.1, -0.05) is 11.8 Å². The number of hydrogen-bond donors (Lipinski definition) is 0. The van der Waals surface area contributed by atoms with E-state index < -0.39 is 0 Å². The van der Waals surface area contributed by atoms with Gasteiger partial charge in [0.25, 0.3) is 0 Å². The Labute approximate surface area is 151 Å². The molecule has 0 unspecified atom stereocenters. The van der Waals surface area contributed by atoms with Crippen molar-refractivity contribution in [2.75, 3.05) is 11.4 Å². The van der Waals surface area contributed by atoms with Gasteiger partial charge in [0.2, 0.25) is 5.95 Å². The number of amides is 2. The van der Waals surface area contributed by atoms with Gasteiger partial charge in [0.05, 0.1) is 17.6 Å². The molecule has 5 nitrogen and oxygen atoms in total. The molecule has 132 valence electrons. The lowest BCUT2D eigenvalue weighted by atomic mass is 10.2. The van der Waals surface area contributed by atoms with E-state index in [9.17, 15) is 9.18 Å². The van der Waals surface area contributed by atoms with E-state index in [-0.39, 0.29) is 23.9 Å². The number of hydrogen-bond acceptors (Lipinski definition) is 3. The fraction of sp³-hybridized carbons (Fsp3) is 0.350. The summed E-state index contributed by atoms with van der Waals surface area (Å²) < 4.78 is 12.9. The van der Waals surface area contributed by atoms with Crippen molar-refractivity contribution in [3.8, 4) is 11.8 Å². The van der Waals surface area contributed by atoms with Crippen LogP contribution in [-0.2, 0) is 0 Å². The summed E-state index contributed by atoms with van der Waals surface area (Å²) in [7, 11) is 0. The van der Waals surface area contributed by atoms with Crippen molar-refractivity contribution < 1.29 is 9.18 Å². The zero-order valence-electron chi connectivity index (χ0n) is 14.5. The summed E-state index contributed by atoms with van der Waals surface area (Å²) in [5.41, 5.74) is 1.37. The van der Waals surface area contributed by atoms with Gasteiger partial charge in [0.15, 0.2) is 0 Å². The number of nitrogens with zero attached hydrogens (tertiary/aromatic N) is 4. The largest absolute Gasteiger partial charge is 0.327 e. The Morgan fingerprint density at radius 3 is 2.42 bits per heavy atom. The maximum Gasteiger partial charge on any atom is 0.327 e. The van der Waals surface area contributed by atoms with Crippen LogP contribution in [0.1, 0.15) is 37.3 Å². The average molecular weight is 350 g/mol. The molecule has 1 aromatic carbocycles. The highest BCUT2D eigenvalue weighted by Gasteiger charge is 2.48. The zero-order valence-corrected chi connectivity index (χ0v) is 14.5. The second-order valence-corrected chi connectivity index (χ2v) is 6.53. The predicted molar refractivity (Wildman–Crippen MR) is 96.1 cm³/mol. The molecule has 2 aromatic rings. The molecule has 26 heavy (non-hydrogen) atoms. The third kappa shape index (κ3) is 2.90. The van der Waals surface area contributed by atoms with Crippen LogP contribution in [-0.4, -0.2) is 39.5 Å². The van der Waals surface area contributed by atoms with Crippen molar-refractivity contribution in [2.24, 2.45) is 0 Å². The van der Waals surface area contributed by atoms with Crippen molar-refractivity contribution in [3.63, 3.8) is 0 Å². The molecule has 1 aromatic heterocycles. The van der Waals surface area contributed by atoms with Crippen LogP contribution in [0.2, 0.25) is 0 Å². The van der Waals surface area contributed by atoms with Crippen molar-refractivity contribution in [1.82, 2.24) is 14.9 Å². The van der Waals surface area contributed by atoms with Gasteiger partial charge in [-0.15, -0.1) is 0 Å². The fourth-order valence-corrected chi connectivity index (χ4v) is 3.80. The van der Waals surface area contributed by atoms with Gasteiger partial charge < -0.3 is 4.90 Å². The smallest absolute Gasteiger partial charge is 0.319 e. The Bertz CT molecular complexity index is 869. The van der Waals surface area contributed by atoms with Crippen LogP contribution in [0.5, 0.6) is 0 Å². The second kappa shape index (κ2) is 6.75. The second-order valence-electron chi connectivity index (χ2n) is 6.53. The van der Waals surface area contributed by atoms with Gasteiger partial charge in [0.1, 0.15) is 5.82 Å². The first kappa shape index (κ1) is 16.5. The minimum absolute atomic E-state index is 0.00709. The van der Waals surface area contributed by atoms with Crippen molar-refractivity contribution in [2.45, 2.75) is 38.3 Å². The van der Waals surface area contributed by atoms with Gasteiger partial charge in [-0.3, -0.25) is 4.90 Å². The van der Waals surface area contributed by atoms with Crippen LogP contribution in [0.15, 0.2) is 36.7 Å². The van der Waals surface area contributed by atoms with E-state index in [4.69, 9.17) is 0 Å². The number of rotatable bonds is 2. The van der Waals surface area contributed by atoms with Crippen LogP contribution in [0, 0.1) is 17.7 Å². The molecule has 2 heterocycles. The van der Waals surface area contributed by atoms with Crippen molar-refractivity contribution in [3.05, 3.63) is 53.6 Å². The number of benzene rings is 1. The van der Waals surface area contributed by atoms with Gasteiger partial charge in [-0.2, -0.15) is 0 Å². The summed E-state index contributed by atoms with van der Waals surface area (Å²) in [6, 6.07) is 6.43. The molecule has 6 heteroatoms. The van der Waals surface area contributed by atoms with Crippen LogP contribution < -0.4 is 4.90 Å². The number of halogens is 1. The van der Waals surface area contributed by atoms with Crippen LogP contribution in [0.25, 0.3) is 0 Å². The van der Waals surface area contributed by atoms with E-state index in [0.29, 0.717) is 18.1 Å². The first-order valence-electron chi connectivity index (χ1n) is 8.87. The van der Waals surface area contributed by atoms with Gasteiger partial charge >= 0.3 is 6.03 Å². The Morgan fingerprint density at radius 1 is 1.08 bits per heavy atom. The minimum atomic E-state index is -0.287. The van der Waals surface area contributed by atoms with E-state index in [1.54, 1.807) is 29.4 Å². The number of aromatic nitrogens is 2. The molecule has 4 rings (SSSR count). The maximum atomic E-state index is 12.9. The number of urea groups is 1. The highest BCUT2D eigenvalue weighted by atomic mass is 19.1. The molecule has 2 amide bonds. The third-order valence-electron chi connectivity index (χ3n) is 5.02. The average Bonchev–Trinajstić information content (AvgIpc) is 3.21. The van der Waals surface area contributed by atoms with E-state index >= 15 is 0 Å². The summed E-state index contributed by atoms with van der Waals surface area (Å²) >= 11 is 0. The highest BCUT2D eigenvalue weighted by molar-refractivity contribution is 5.94. The Balaban J connectivity index is 1.55. The molecule has 2 fully saturated rings. The summed E-state index contributed by atoms with van der Waals surface area (Å²) in [4.78, 5) is 25.1. The van der Waals surface area contributed by atoms with Crippen molar-refractivity contribution >= 4 is 12.0 Å². The first-order chi connectivity index (χ1) is 12.7. The maximum absolute atomic E-state index is 12.9. The Kier molecular flexibility index (Phi) is 4.29. The number of carbonyl (C=O) groups excluding carboxylic acids is 1. The highest BCUT2D eigenvalue weighted by Crippen LogP contribution is 2.36. The summed E-state index contributed by atoms with van der Waals surface area (Å²) in [5, 5.41) is 0. The van der Waals surface area contributed by atoms with E-state index in [1.165, 1.54) is 12.1 Å². The molecule has 0 N–H and O–H groups in total. The number of fused-ring (bicyclic) bond motifs is 1. The van der Waals surface area contributed by atoms with Gasteiger partial charge in [0, 0.05) is 24.5 Å². The quantitative estimate of drug-likeness (QED) is 0.782. The molecule has 1 aliphatic heterocycles. The molecule has 1 saturated carbocycles. The normalized spacial score (nSPS) is 21.5. The number of carbonyl (C=O) groups is 1. The first-order valence-corrected chi connectivity index (χ1v) is 8.87. The van der Waals surface area contributed by atoms with E-state index in [0.717, 1.165) is 24.8 Å². The van der Waals surface area contributed by atoms with Crippen LogP contribution in [0.4, 0.5) is 15.1 Å². The Morgan fingerprint density at radius 2 is 1.73 bits per heavy atom.